The van der Waals surface area contributed by atoms with Crippen molar-refractivity contribution in [1.82, 2.24) is 15.5 Å². The average Bonchev–Trinajstić information content (AvgIpc) is 3.09. The topological polar surface area (TPSA) is 60.2 Å². The van der Waals surface area contributed by atoms with Crippen LogP contribution in [0.1, 0.15) is 24.8 Å². The van der Waals surface area contributed by atoms with Crippen LogP contribution < -0.4 is 10.1 Å². The van der Waals surface area contributed by atoms with Gasteiger partial charge < -0.3 is 14.5 Å². The molecule has 1 N–H and O–H groups in total. The molecule has 1 aromatic heterocycles. The van der Waals surface area contributed by atoms with E-state index in [1.165, 1.54) is 0 Å². The van der Waals surface area contributed by atoms with Gasteiger partial charge in [-0.1, -0.05) is 12.1 Å². The minimum atomic E-state index is 0.195. The van der Waals surface area contributed by atoms with Crippen LogP contribution in [0.4, 0.5) is 0 Å². The summed E-state index contributed by atoms with van der Waals surface area (Å²) in [6, 6.07) is 7.83. The van der Waals surface area contributed by atoms with Crippen molar-refractivity contribution >= 4 is 0 Å². The fourth-order valence-electron chi connectivity index (χ4n) is 2.20. The minimum absolute atomic E-state index is 0.195. The molecule has 0 saturated carbocycles. The summed E-state index contributed by atoms with van der Waals surface area (Å²) in [5, 5.41) is 11.6. The quantitative estimate of drug-likeness (QED) is 0.898. The lowest BCUT2D eigenvalue weighted by atomic mass is 10.2. The molecular formula is C13H15N3O2. The molecule has 5 heteroatoms. The van der Waals surface area contributed by atoms with Gasteiger partial charge in [0, 0.05) is 0 Å². The number of nitrogens with one attached hydrogen (secondary N) is 1. The van der Waals surface area contributed by atoms with Gasteiger partial charge in [0.05, 0.1) is 18.7 Å². The molecule has 1 aliphatic rings. The number of rotatable bonds is 3. The Morgan fingerprint density at radius 1 is 1.33 bits per heavy atom. The van der Waals surface area contributed by atoms with E-state index in [1.807, 2.05) is 24.3 Å². The van der Waals surface area contributed by atoms with Crippen molar-refractivity contribution in [3.8, 4) is 17.2 Å². The maximum atomic E-state index is 5.73. The van der Waals surface area contributed by atoms with Gasteiger partial charge in [-0.3, -0.25) is 0 Å². The zero-order valence-electron chi connectivity index (χ0n) is 10.2. The van der Waals surface area contributed by atoms with E-state index in [1.54, 1.807) is 7.11 Å². The van der Waals surface area contributed by atoms with Crippen molar-refractivity contribution in [3.05, 3.63) is 30.2 Å². The molecule has 1 aliphatic heterocycles. The van der Waals surface area contributed by atoms with Crippen molar-refractivity contribution < 1.29 is 9.15 Å². The Balaban J connectivity index is 1.92. The highest BCUT2D eigenvalue weighted by molar-refractivity contribution is 5.62. The second kappa shape index (κ2) is 4.78. The predicted octanol–water partition coefficient (Wildman–Crippen LogP) is 2.17. The molecule has 94 valence electrons. The number of hydrogen-bond acceptors (Lipinski definition) is 5. The molecular weight excluding hydrogens is 230 g/mol. The zero-order chi connectivity index (χ0) is 12.4. The lowest BCUT2D eigenvalue weighted by molar-refractivity contribution is 0.410. The van der Waals surface area contributed by atoms with E-state index >= 15 is 0 Å². The van der Waals surface area contributed by atoms with Crippen molar-refractivity contribution in [2.45, 2.75) is 18.9 Å². The Labute approximate surface area is 105 Å². The van der Waals surface area contributed by atoms with Crippen molar-refractivity contribution in [1.29, 1.82) is 0 Å². The second-order valence-electron chi connectivity index (χ2n) is 4.29. The van der Waals surface area contributed by atoms with Crippen LogP contribution in [0, 0.1) is 0 Å². The van der Waals surface area contributed by atoms with Crippen LogP contribution in [-0.2, 0) is 0 Å². The second-order valence-corrected chi connectivity index (χ2v) is 4.29. The fraction of sp³-hybridized carbons (Fsp3) is 0.385. The molecule has 3 rings (SSSR count). The summed E-state index contributed by atoms with van der Waals surface area (Å²) < 4.78 is 11.0. The molecule has 18 heavy (non-hydrogen) atoms. The van der Waals surface area contributed by atoms with Gasteiger partial charge in [-0.05, 0) is 31.5 Å². The summed E-state index contributed by atoms with van der Waals surface area (Å²) in [7, 11) is 1.63. The number of aromatic nitrogens is 2. The molecule has 2 heterocycles. The smallest absolute Gasteiger partial charge is 0.251 e. The number of para-hydroxylation sites is 1. The number of nitrogens with zero attached hydrogens (tertiary/aromatic N) is 2. The molecule has 0 amide bonds. The number of ether oxygens (including phenoxy) is 1. The molecule has 0 aliphatic carbocycles. The Hall–Kier alpha value is -1.88. The molecule has 0 spiro atoms. The normalized spacial score (nSPS) is 19.1. The first-order valence-electron chi connectivity index (χ1n) is 6.08. The first kappa shape index (κ1) is 11.2. The molecule has 0 radical (unpaired) electrons. The molecule has 5 nitrogen and oxygen atoms in total. The lowest BCUT2D eigenvalue weighted by Crippen LogP contribution is -2.12. The Morgan fingerprint density at radius 3 is 3.00 bits per heavy atom. The SMILES string of the molecule is COc1ccccc1-c1nnc([C@H]2CCCN2)o1. The lowest BCUT2D eigenvalue weighted by Gasteiger charge is -2.04. The zero-order valence-corrected chi connectivity index (χ0v) is 10.2. The number of benzene rings is 1. The van der Waals surface area contributed by atoms with E-state index in [9.17, 15) is 0 Å². The van der Waals surface area contributed by atoms with Crippen LogP contribution in [-0.4, -0.2) is 23.9 Å². The molecule has 1 atom stereocenters. The third-order valence-corrected chi connectivity index (χ3v) is 3.14. The summed E-state index contributed by atoms with van der Waals surface area (Å²) in [5.74, 6) is 1.91. The van der Waals surface area contributed by atoms with Crippen molar-refractivity contribution in [2.24, 2.45) is 0 Å². The van der Waals surface area contributed by atoms with E-state index in [0.29, 0.717) is 11.8 Å². The molecule has 1 saturated heterocycles. The third-order valence-electron chi connectivity index (χ3n) is 3.14. The maximum Gasteiger partial charge on any atom is 0.251 e. The highest BCUT2D eigenvalue weighted by atomic mass is 16.5. The third kappa shape index (κ3) is 1.97. The van der Waals surface area contributed by atoms with Gasteiger partial charge in [-0.15, -0.1) is 10.2 Å². The molecule has 0 unspecified atom stereocenters. The molecule has 1 fully saturated rings. The van der Waals surface area contributed by atoms with Crippen LogP contribution in [0.25, 0.3) is 11.5 Å². The van der Waals surface area contributed by atoms with Gasteiger partial charge in [0.25, 0.3) is 5.89 Å². The Morgan fingerprint density at radius 2 is 2.22 bits per heavy atom. The largest absolute Gasteiger partial charge is 0.496 e. The van der Waals surface area contributed by atoms with E-state index in [2.05, 4.69) is 15.5 Å². The Kier molecular flexibility index (Phi) is 2.98. The van der Waals surface area contributed by atoms with Crippen molar-refractivity contribution in [2.75, 3.05) is 13.7 Å². The van der Waals surface area contributed by atoms with Crippen LogP contribution in [0.3, 0.4) is 0 Å². The standard InChI is InChI=1S/C13H15N3O2/c1-17-11-7-3-2-5-9(11)12-15-16-13(18-12)10-6-4-8-14-10/h2-3,5,7,10,14H,4,6,8H2,1H3/t10-/m1/s1. The minimum Gasteiger partial charge on any atom is -0.496 e. The average molecular weight is 245 g/mol. The van der Waals surface area contributed by atoms with Crippen molar-refractivity contribution in [3.63, 3.8) is 0 Å². The number of hydrogen-bond donors (Lipinski definition) is 1. The van der Waals surface area contributed by atoms with Crippen LogP contribution in [0.5, 0.6) is 5.75 Å². The molecule has 2 aromatic rings. The monoisotopic (exact) mass is 245 g/mol. The summed E-state index contributed by atoms with van der Waals surface area (Å²) in [6.07, 6.45) is 2.20. The fourth-order valence-corrected chi connectivity index (χ4v) is 2.20. The Bertz CT molecular complexity index is 533. The highest BCUT2D eigenvalue weighted by Gasteiger charge is 2.23. The molecule has 0 bridgehead atoms. The van der Waals surface area contributed by atoms with E-state index in [4.69, 9.17) is 9.15 Å². The summed E-state index contributed by atoms with van der Waals surface area (Å²) in [6.45, 7) is 1.01. The van der Waals surface area contributed by atoms with Crippen LogP contribution >= 0.6 is 0 Å². The van der Waals surface area contributed by atoms with Gasteiger partial charge in [0.15, 0.2) is 0 Å². The van der Waals surface area contributed by atoms with Gasteiger partial charge in [0.2, 0.25) is 5.89 Å². The van der Waals surface area contributed by atoms with Gasteiger partial charge in [0.1, 0.15) is 5.75 Å². The highest BCUT2D eigenvalue weighted by Crippen LogP contribution is 2.30. The number of methoxy groups -OCH3 is 1. The van der Waals surface area contributed by atoms with Gasteiger partial charge in [-0.25, -0.2) is 0 Å². The first-order valence-corrected chi connectivity index (χ1v) is 6.08. The van der Waals surface area contributed by atoms with Gasteiger partial charge in [-0.2, -0.15) is 0 Å². The summed E-state index contributed by atoms with van der Waals surface area (Å²) in [5.41, 5.74) is 0.830. The summed E-state index contributed by atoms with van der Waals surface area (Å²) >= 11 is 0. The van der Waals surface area contributed by atoms with Gasteiger partial charge >= 0.3 is 0 Å². The van der Waals surface area contributed by atoms with E-state index in [0.717, 1.165) is 30.7 Å². The van der Waals surface area contributed by atoms with E-state index < -0.39 is 0 Å². The molecule has 1 aromatic carbocycles. The van der Waals surface area contributed by atoms with Crippen LogP contribution in [0.2, 0.25) is 0 Å². The van der Waals surface area contributed by atoms with Crippen LogP contribution in [0.15, 0.2) is 28.7 Å². The van der Waals surface area contributed by atoms with E-state index in [-0.39, 0.29) is 6.04 Å². The summed E-state index contributed by atoms with van der Waals surface area (Å²) in [4.78, 5) is 0. The maximum absolute atomic E-state index is 5.73. The first-order chi connectivity index (χ1) is 8.88. The predicted molar refractivity (Wildman–Crippen MR) is 66.3 cm³/mol.